The lowest BCUT2D eigenvalue weighted by Gasteiger charge is -2.18. The van der Waals surface area contributed by atoms with Gasteiger partial charge in [0.1, 0.15) is 0 Å². The fraction of sp³-hybridized carbons (Fsp3) is 0.200. The number of hydrogen-bond donors (Lipinski definition) is 1. The molecule has 6 nitrogen and oxygen atoms in total. The van der Waals surface area contributed by atoms with Crippen LogP contribution in [0.4, 0.5) is 5.69 Å². The molecule has 1 N–H and O–H groups in total. The number of pyridine rings is 1. The van der Waals surface area contributed by atoms with E-state index in [2.05, 4.69) is 9.97 Å². The maximum absolute atomic E-state index is 13.4. The lowest BCUT2D eigenvalue weighted by molar-refractivity contribution is -0.120. The van der Waals surface area contributed by atoms with Gasteiger partial charge >= 0.3 is 0 Å². The standard InChI is InChI=1S/C25H20ClN3O3S/c26-17-5-6-18-20(11-17)28-21(23(18)16-3-1-15(2-4-16)14-33(31)32)13-29-22-12-27-10-7-19(22)25(8-9-25)24(29)30/h1-7,10-12,28H,8-9,13-14H2,(H,31,32)/p-1. The number of fused-ring (bicyclic) bond motifs is 3. The Balaban J connectivity index is 1.46. The third-order valence-electron chi connectivity index (χ3n) is 6.69. The minimum Gasteiger partial charge on any atom is -0.772 e. The van der Waals surface area contributed by atoms with Gasteiger partial charge in [-0.2, -0.15) is 0 Å². The van der Waals surface area contributed by atoms with E-state index in [-0.39, 0.29) is 17.1 Å². The predicted molar refractivity (Wildman–Crippen MR) is 128 cm³/mol. The molecule has 4 aromatic rings. The minimum atomic E-state index is -2.14. The molecule has 1 spiro atoms. The van der Waals surface area contributed by atoms with Crippen molar-refractivity contribution in [2.75, 3.05) is 4.90 Å². The van der Waals surface area contributed by atoms with E-state index in [4.69, 9.17) is 11.6 Å². The fourth-order valence-electron chi connectivity index (χ4n) is 4.99. The summed E-state index contributed by atoms with van der Waals surface area (Å²) in [5.74, 6) is 0.103. The smallest absolute Gasteiger partial charge is 0.238 e. The van der Waals surface area contributed by atoms with E-state index >= 15 is 0 Å². The van der Waals surface area contributed by atoms with Gasteiger partial charge in [-0.1, -0.05) is 53.0 Å². The van der Waals surface area contributed by atoms with E-state index in [0.717, 1.165) is 57.4 Å². The average molecular weight is 477 g/mol. The molecule has 6 rings (SSSR count). The second-order valence-corrected chi connectivity index (χ2v) is 10.0. The summed E-state index contributed by atoms with van der Waals surface area (Å²) in [7, 11) is 0. The molecule has 2 aliphatic rings. The van der Waals surface area contributed by atoms with Crippen molar-refractivity contribution in [2.24, 2.45) is 0 Å². The first-order valence-corrected chi connectivity index (χ1v) is 12.3. The number of anilines is 1. The molecule has 2 aromatic heterocycles. The molecule has 33 heavy (non-hydrogen) atoms. The SMILES string of the molecule is O=C1N(Cc2[nH]c3cc(Cl)ccc3c2-c2ccc(CS(=O)[O-])cc2)c2cnccc2C12CC2. The Morgan fingerprint density at radius 3 is 2.67 bits per heavy atom. The number of hydrogen-bond acceptors (Lipinski definition) is 4. The molecular weight excluding hydrogens is 458 g/mol. The Bertz CT molecular complexity index is 1440. The largest absolute Gasteiger partial charge is 0.772 e. The van der Waals surface area contributed by atoms with Crippen LogP contribution in [-0.4, -0.2) is 24.6 Å². The topological polar surface area (TPSA) is 89.1 Å². The van der Waals surface area contributed by atoms with E-state index in [1.165, 1.54) is 0 Å². The van der Waals surface area contributed by atoms with Crippen LogP contribution in [0.2, 0.25) is 5.02 Å². The van der Waals surface area contributed by atoms with Crippen LogP contribution in [0, 0.1) is 0 Å². The quantitative estimate of drug-likeness (QED) is 0.417. The summed E-state index contributed by atoms with van der Waals surface area (Å²) >= 11 is 4.11. The van der Waals surface area contributed by atoms with E-state index in [1.54, 1.807) is 12.4 Å². The summed E-state index contributed by atoms with van der Waals surface area (Å²) in [6.07, 6.45) is 5.27. The summed E-state index contributed by atoms with van der Waals surface area (Å²) in [5, 5.41) is 1.62. The number of carbonyl (C=O) groups excluding carboxylic acids is 1. The molecule has 1 atom stereocenters. The van der Waals surface area contributed by atoms with Crippen molar-refractivity contribution < 1.29 is 13.6 Å². The van der Waals surface area contributed by atoms with Crippen LogP contribution in [0.5, 0.6) is 0 Å². The number of benzene rings is 2. The molecule has 0 bridgehead atoms. The highest BCUT2D eigenvalue weighted by Crippen LogP contribution is 2.57. The number of carbonyl (C=O) groups is 1. The Kier molecular flexibility index (Phi) is 4.69. The number of aromatic amines is 1. The molecular formula is C25H19ClN3O3S-. The van der Waals surface area contributed by atoms with Gasteiger partial charge in [0, 0.05) is 39.1 Å². The number of halogens is 1. The molecule has 0 radical (unpaired) electrons. The number of aromatic nitrogens is 2. The van der Waals surface area contributed by atoms with Gasteiger partial charge in [0.25, 0.3) is 0 Å². The summed E-state index contributed by atoms with van der Waals surface area (Å²) in [6.45, 7) is 0.382. The Morgan fingerprint density at radius 1 is 1.15 bits per heavy atom. The van der Waals surface area contributed by atoms with Gasteiger partial charge in [-0.3, -0.25) is 14.0 Å². The minimum absolute atomic E-state index is 0.0230. The maximum Gasteiger partial charge on any atom is 0.238 e. The van der Waals surface area contributed by atoms with Crippen molar-refractivity contribution in [3.8, 4) is 11.1 Å². The summed E-state index contributed by atoms with van der Waals surface area (Å²) in [6, 6.07) is 15.1. The van der Waals surface area contributed by atoms with Gasteiger partial charge in [-0.15, -0.1) is 0 Å². The first kappa shape index (κ1) is 20.6. The monoisotopic (exact) mass is 476 g/mol. The van der Waals surface area contributed by atoms with E-state index in [9.17, 15) is 13.6 Å². The predicted octanol–water partition coefficient (Wildman–Crippen LogP) is 4.84. The summed E-state index contributed by atoms with van der Waals surface area (Å²) < 4.78 is 22.1. The summed E-state index contributed by atoms with van der Waals surface area (Å²) in [4.78, 5) is 23.0. The number of amides is 1. The van der Waals surface area contributed by atoms with Gasteiger partial charge in [0.05, 0.1) is 23.8 Å². The molecule has 1 amide bonds. The average Bonchev–Trinajstić information content (AvgIpc) is 3.48. The zero-order valence-corrected chi connectivity index (χ0v) is 19.1. The zero-order valence-electron chi connectivity index (χ0n) is 17.5. The molecule has 1 aliphatic heterocycles. The van der Waals surface area contributed by atoms with Crippen LogP contribution < -0.4 is 4.90 Å². The second-order valence-electron chi connectivity index (χ2n) is 8.68. The number of rotatable bonds is 5. The molecule has 166 valence electrons. The van der Waals surface area contributed by atoms with Crippen LogP contribution in [0.3, 0.4) is 0 Å². The maximum atomic E-state index is 13.4. The van der Waals surface area contributed by atoms with Gasteiger partial charge in [-0.25, -0.2) is 0 Å². The molecule has 1 saturated carbocycles. The van der Waals surface area contributed by atoms with Crippen molar-refractivity contribution >= 4 is 45.2 Å². The van der Waals surface area contributed by atoms with Crippen LogP contribution in [0.15, 0.2) is 60.9 Å². The van der Waals surface area contributed by atoms with Gasteiger partial charge in [-0.05, 0) is 47.7 Å². The van der Waals surface area contributed by atoms with Gasteiger partial charge in [0.15, 0.2) is 0 Å². The van der Waals surface area contributed by atoms with Gasteiger partial charge in [0.2, 0.25) is 5.91 Å². The summed E-state index contributed by atoms with van der Waals surface area (Å²) in [5.41, 5.74) is 5.98. The number of nitrogens with one attached hydrogen (secondary N) is 1. The molecule has 2 aromatic carbocycles. The highest BCUT2D eigenvalue weighted by atomic mass is 35.5. The van der Waals surface area contributed by atoms with E-state index in [0.29, 0.717) is 11.6 Å². The molecule has 1 aliphatic carbocycles. The molecule has 3 heterocycles. The molecule has 0 saturated heterocycles. The third kappa shape index (κ3) is 3.30. The van der Waals surface area contributed by atoms with Crippen LogP contribution >= 0.6 is 11.6 Å². The Hall–Kier alpha value is -3.00. The second kappa shape index (κ2) is 7.52. The van der Waals surface area contributed by atoms with E-state index < -0.39 is 11.1 Å². The molecule has 1 unspecified atom stereocenters. The van der Waals surface area contributed by atoms with Crippen LogP contribution in [-0.2, 0) is 33.6 Å². The van der Waals surface area contributed by atoms with Crippen molar-refractivity contribution in [3.63, 3.8) is 0 Å². The van der Waals surface area contributed by atoms with Crippen molar-refractivity contribution in [1.29, 1.82) is 0 Å². The highest BCUT2D eigenvalue weighted by molar-refractivity contribution is 7.78. The first-order chi connectivity index (χ1) is 16.0. The molecule has 1 fully saturated rings. The van der Waals surface area contributed by atoms with Crippen molar-refractivity contribution in [1.82, 2.24) is 9.97 Å². The number of H-pyrrole nitrogens is 1. The molecule has 8 heteroatoms. The lowest BCUT2D eigenvalue weighted by Crippen LogP contribution is -2.31. The van der Waals surface area contributed by atoms with Crippen LogP contribution in [0.1, 0.15) is 29.7 Å². The lowest BCUT2D eigenvalue weighted by atomic mass is 9.99. The van der Waals surface area contributed by atoms with E-state index in [1.807, 2.05) is 53.4 Å². The number of nitrogens with zero attached hydrogens (tertiary/aromatic N) is 2. The third-order valence-corrected chi connectivity index (χ3v) is 7.50. The van der Waals surface area contributed by atoms with Gasteiger partial charge < -0.3 is 14.4 Å². The Morgan fingerprint density at radius 2 is 1.94 bits per heavy atom. The Labute approximate surface area is 197 Å². The fourth-order valence-corrected chi connectivity index (χ4v) is 5.63. The zero-order chi connectivity index (χ0) is 22.7. The first-order valence-electron chi connectivity index (χ1n) is 10.7. The normalized spacial score (nSPS) is 17.0. The van der Waals surface area contributed by atoms with Crippen LogP contribution in [0.25, 0.3) is 22.0 Å². The highest BCUT2D eigenvalue weighted by Gasteiger charge is 2.59. The van der Waals surface area contributed by atoms with Crippen molar-refractivity contribution in [3.05, 3.63) is 82.8 Å². The van der Waals surface area contributed by atoms with Crippen molar-refractivity contribution in [2.45, 2.75) is 30.6 Å².